The van der Waals surface area contributed by atoms with Crippen LogP contribution in [0.4, 0.5) is 0 Å². The van der Waals surface area contributed by atoms with Crippen LogP contribution in [0.15, 0.2) is 4.52 Å². The minimum Gasteiger partial charge on any atom is -0.361 e. The second-order valence-electron chi connectivity index (χ2n) is 6.06. The van der Waals surface area contributed by atoms with Gasteiger partial charge in [-0.2, -0.15) is 0 Å². The largest absolute Gasteiger partial charge is 0.361 e. The van der Waals surface area contributed by atoms with E-state index in [4.69, 9.17) is 4.52 Å². The van der Waals surface area contributed by atoms with Gasteiger partial charge in [0, 0.05) is 22.4 Å². The van der Waals surface area contributed by atoms with Gasteiger partial charge in [0.15, 0.2) is 0 Å². The van der Waals surface area contributed by atoms with E-state index in [1.165, 1.54) is 0 Å². The summed E-state index contributed by atoms with van der Waals surface area (Å²) >= 11 is 0. The van der Waals surface area contributed by atoms with Crippen molar-refractivity contribution in [1.82, 2.24) is 10.5 Å². The second-order valence-corrected chi connectivity index (χ2v) is 7.51. The van der Waals surface area contributed by atoms with Gasteiger partial charge in [0.2, 0.25) is 5.91 Å². The third-order valence-corrected chi connectivity index (χ3v) is 5.35. The average Bonchev–Trinajstić information content (AvgIpc) is 2.73. The van der Waals surface area contributed by atoms with Gasteiger partial charge >= 0.3 is 0 Å². The van der Waals surface area contributed by atoms with Gasteiger partial charge in [-0.25, -0.2) is 0 Å². The molecule has 1 fully saturated rings. The maximum absolute atomic E-state index is 12.1. The van der Waals surface area contributed by atoms with E-state index in [0.717, 1.165) is 42.9 Å². The van der Waals surface area contributed by atoms with Gasteiger partial charge in [0.05, 0.1) is 11.4 Å². The molecule has 0 aromatic carbocycles. The Balaban J connectivity index is 1.78. The summed E-state index contributed by atoms with van der Waals surface area (Å²) in [5, 5.41) is 6.85. The first kappa shape index (κ1) is 16.2. The third-order valence-electron chi connectivity index (χ3n) is 4.16. The Kier molecular flexibility index (Phi) is 5.56. The quantitative estimate of drug-likeness (QED) is 0.905. The van der Waals surface area contributed by atoms with E-state index in [-0.39, 0.29) is 17.7 Å². The molecule has 5 nitrogen and oxygen atoms in total. The molecule has 0 unspecified atom stereocenters. The summed E-state index contributed by atoms with van der Waals surface area (Å²) in [6, 6.07) is 0.254. The number of hydrogen-bond donors (Lipinski definition) is 1. The van der Waals surface area contributed by atoms with Crippen LogP contribution in [0.25, 0.3) is 0 Å². The Bertz CT molecular complexity index is 499. The Morgan fingerprint density at radius 1 is 1.33 bits per heavy atom. The lowest BCUT2D eigenvalue weighted by Gasteiger charge is -2.26. The van der Waals surface area contributed by atoms with Crippen molar-refractivity contribution in [3.8, 4) is 0 Å². The summed E-state index contributed by atoms with van der Waals surface area (Å²) in [4.78, 5) is 12.0. The van der Waals surface area contributed by atoms with Crippen LogP contribution in [-0.2, 0) is 21.3 Å². The van der Waals surface area contributed by atoms with Crippen LogP contribution in [0.2, 0.25) is 0 Å². The molecule has 1 heterocycles. The standard InChI is InChI=1S/C15H24N2O3S/c1-10-4-6-13(7-5-10)16-15(18)9-21(19)8-14-11(2)17-20-12(14)3/h10,13H,4-9H2,1-3H3,(H,16,18)/t10?,13?,21-/m1/s1. The lowest BCUT2D eigenvalue weighted by atomic mass is 9.87. The van der Waals surface area contributed by atoms with Crippen molar-refractivity contribution in [3.63, 3.8) is 0 Å². The van der Waals surface area contributed by atoms with E-state index >= 15 is 0 Å². The van der Waals surface area contributed by atoms with Crippen LogP contribution in [-0.4, -0.2) is 27.1 Å². The van der Waals surface area contributed by atoms with Crippen molar-refractivity contribution >= 4 is 16.7 Å². The highest BCUT2D eigenvalue weighted by molar-refractivity contribution is 7.84. The molecule has 1 aromatic rings. The number of aromatic nitrogens is 1. The minimum absolute atomic E-state index is 0.0517. The fraction of sp³-hybridized carbons (Fsp3) is 0.733. The van der Waals surface area contributed by atoms with E-state index in [9.17, 15) is 9.00 Å². The number of nitrogens with zero attached hydrogens (tertiary/aromatic N) is 1. The molecule has 2 rings (SSSR count). The van der Waals surface area contributed by atoms with Gasteiger partial charge in [-0.3, -0.25) is 9.00 Å². The summed E-state index contributed by atoms with van der Waals surface area (Å²) in [7, 11) is -1.22. The molecule has 1 aromatic heterocycles. The van der Waals surface area contributed by atoms with Gasteiger partial charge in [-0.05, 0) is 45.4 Å². The molecule has 0 spiro atoms. The van der Waals surface area contributed by atoms with Gasteiger partial charge in [0.1, 0.15) is 11.5 Å². The zero-order valence-electron chi connectivity index (χ0n) is 13.0. The van der Waals surface area contributed by atoms with Crippen molar-refractivity contribution in [1.29, 1.82) is 0 Å². The van der Waals surface area contributed by atoms with E-state index in [2.05, 4.69) is 17.4 Å². The van der Waals surface area contributed by atoms with Crippen LogP contribution in [0.1, 0.15) is 49.6 Å². The van der Waals surface area contributed by atoms with Crippen molar-refractivity contribution in [2.75, 3.05) is 5.75 Å². The number of hydrogen-bond acceptors (Lipinski definition) is 4. The normalized spacial score (nSPS) is 23.8. The number of amides is 1. The van der Waals surface area contributed by atoms with Gasteiger partial charge in [-0.1, -0.05) is 12.1 Å². The molecule has 1 atom stereocenters. The Morgan fingerprint density at radius 2 is 2.00 bits per heavy atom. The Labute approximate surface area is 128 Å². The highest BCUT2D eigenvalue weighted by Crippen LogP contribution is 2.23. The molecule has 118 valence electrons. The molecule has 1 N–H and O–H groups in total. The first-order valence-corrected chi connectivity index (χ1v) is 9.00. The van der Waals surface area contributed by atoms with E-state index < -0.39 is 10.8 Å². The number of aryl methyl sites for hydroxylation is 2. The van der Waals surface area contributed by atoms with Crippen molar-refractivity contribution in [2.45, 2.75) is 58.2 Å². The van der Waals surface area contributed by atoms with E-state index in [1.54, 1.807) is 6.92 Å². The fourth-order valence-corrected chi connectivity index (χ4v) is 3.95. The second kappa shape index (κ2) is 7.20. The molecule has 1 aliphatic rings. The molecule has 0 bridgehead atoms. The molecule has 21 heavy (non-hydrogen) atoms. The predicted octanol–water partition coefficient (Wildman–Crippen LogP) is 2.24. The van der Waals surface area contributed by atoms with Crippen molar-refractivity contribution in [2.24, 2.45) is 5.92 Å². The zero-order valence-corrected chi connectivity index (χ0v) is 13.8. The lowest BCUT2D eigenvalue weighted by molar-refractivity contribution is -0.119. The summed E-state index contributed by atoms with van der Waals surface area (Å²) < 4.78 is 17.1. The van der Waals surface area contributed by atoms with Crippen molar-refractivity contribution < 1.29 is 13.5 Å². The van der Waals surface area contributed by atoms with E-state index in [1.807, 2.05) is 6.92 Å². The molecule has 1 amide bonds. The molecular formula is C15H24N2O3S. The third kappa shape index (κ3) is 4.66. The van der Waals surface area contributed by atoms with Crippen LogP contribution < -0.4 is 5.32 Å². The number of nitrogens with one attached hydrogen (secondary N) is 1. The highest BCUT2D eigenvalue weighted by atomic mass is 32.2. The molecule has 1 saturated carbocycles. The molecule has 0 aliphatic heterocycles. The maximum Gasteiger partial charge on any atom is 0.232 e. The molecule has 6 heteroatoms. The Hall–Kier alpha value is -1.17. The summed E-state index contributed by atoms with van der Waals surface area (Å²) in [6.45, 7) is 5.87. The first-order valence-electron chi connectivity index (χ1n) is 7.51. The number of carbonyl (C=O) groups is 1. The monoisotopic (exact) mass is 312 g/mol. The van der Waals surface area contributed by atoms with Gasteiger partial charge in [-0.15, -0.1) is 0 Å². The first-order chi connectivity index (χ1) is 9.95. The molecular weight excluding hydrogens is 288 g/mol. The lowest BCUT2D eigenvalue weighted by Crippen LogP contribution is -2.39. The summed E-state index contributed by atoms with van der Waals surface area (Å²) in [5.41, 5.74) is 1.61. The zero-order chi connectivity index (χ0) is 15.4. The average molecular weight is 312 g/mol. The Morgan fingerprint density at radius 3 is 2.57 bits per heavy atom. The smallest absolute Gasteiger partial charge is 0.232 e. The highest BCUT2D eigenvalue weighted by Gasteiger charge is 2.21. The minimum atomic E-state index is -1.22. The number of carbonyl (C=O) groups excluding carboxylic acids is 1. The van der Waals surface area contributed by atoms with E-state index in [0.29, 0.717) is 11.5 Å². The number of rotatable bonds is 5. The fourth-order valence-electron chi connectivity index (χ4n) is 2.74. The van der Waals surface area contributed by atoms with Gasteiger partial charge < -0.3 is 9.84 Å². The summed E-state index contributed by atoms with van der Waals surface area (Å²) in [5.74, 6) is 1.71. The molecule has 0 radical (unpaired) electrons. The molecule has 0 saturated heterocycles. The van der Waals surface area contributed by atoms with Crippen LogP contribution >= 0.6 is 0 Å². The predicted molar refractivity (Wildman–Crippen MR) is 82.3 cm³/mol. The van der Waals surface area contributed by atoms with Crippen LogP contribution in [0.5, 0.6) is 0 Å². The molecule has 1 aliphatic carbocycles. The van der Waals surface area contributed by atoms with Crippen LogP contribution in [0, 0.1) is 19.8 Å². The van der Waals surface area contributed by atoms with Gasteiger partial charge in [0.25, 0.3) is 0 Å². The van der Waals surface area contributed by atoms with Crippen LogP contribution in [0.3, 0.4) is 0 Å². The van der Waals surface area contributed by atoms with Crippen molar-refractivity contribution in [3.05, 3.63) is 17.0 Å². The topological polar surface area (TPSA) is 72.2 Å². The maximum atomic E-state index is 12.1. The SMILES string of the molecule is Cc1noc(C)c1C[S@@](=O)CC(=O)NC1CCC(C)CC1. The summed E-state index contributed by atoms with van der Waals surface area (Å²) in [6.07, 6.45) is 4.38.